The van der Waals surface area contributed by atoms with Crippen LogP contribution in [0.5, 0.6) is 23.0 Å². The average Bonchev–Trinajstić information content (AvgIpc) is 3.03. The highest BCUT2D eigenvalue weighted by Crippen LogP contribution is 2.46. The van der Waals surface area contributed by atoms with Crippen molar-refractivity contribution < 1.29 is 39.5 Å². The van der Waals surface area contributed by atoms with Gasteiger partial charge in [0.1, 0.15) is 44.9 Å². The molecule has 0 aliphatic heterocycles. The predicted octanol–water partition coefficient (Wildman–Crippen LogP) is 11.0. The standard InChI is InChI=1S/C38H54Cl4N2O8/c1-21-9-3-5-11-23(13-7-15-31(39)40)34-29(47)19-26(20-30(34)48)36(52-38(44)50)22(2)10-4-6-12-24(14-8-16-32(41)42)33-27(45)17-25(18-28(33)46)35(21)51-37(43)49/h17-24,31-32,35-36,45-48H,3-16H2,1-2H3,(H2,43,49)(H2,44,50)/t21-,22-,23-,24+,35+,36+/m0/s1. The molecule has 4 bridgehead atoms. The van der Waals surface area contributed by atoms with Gasteiger partial charge in [0.2, 0.25) is 0 Å². The maximum Gasteiger partial charge on any atom is 0.405 e. The van der Waals surface area contributed by atoms with Gasteiger partial charge in [0.15, 0.2) is 0 Å². The summed E-state index contributed by atoms with van der Waals surface area (Å²) in [5, 5.41) is 45.4. The van der Waals surface area contributed by atoms with Gasteiger partial charge in [-0.15, -0.1) is 46.4 Å². The van der Waals surface area contributed by atoms with Gasteiger partial charge in [0.05, 0.1) is 0 Å². The topological polar surface area (TPSA) is 186 Å². The third-order valence-electron chi connectivity index (χ3n) is 10.2. The minimum atomic E-state index is -0.972. The number of aromatic hydroxyl groups is 4. The smallest absolute Gasteiger partial charge is 0.405 e. The molecule has 2 amide bonds. The number of halogens is 4. The normalized spacial score (nSPS) is 23.6. The second kappa shape index (κ2) is 21.3. The Kier molecular flexibility index (Phi) is 17.9. The van der Waals surface area contributed by atoms with Crippen LogP contribution in [0.1, 0.15) is 150 Å². The van der Waals surface area contributed by atoms with Gasteiger partial charge in [-0.1, -0.05) is 52.4 Å². The zero-order chi connectivity index (χ0) is 38.5. The lowest BCUT2D eigenvalue weighted by molar-refractivity contribution is 0.0683. The van der Waals surface area contributed by atoms with Crippen LogP contribution in [-0.2, 0) is 9.47 Å². The molecular weight excluding hydrogens is 754 g/mol. The molecule has 2 aromatic rings. The molecular formula is C38H54Cl4N2O8. The summed E-state index contributed by atoms with van der Waals surface area (Å²) in [6.07, 6.45) is 5.15. The Morgan fingerprint density at radius 3 is 1.23 bits per heavy atom. The average molecular weight is 809 g/mol. The number of carbonyl (C=O) groups excluding carboxylic acids is 2. The second-order valence-corrected chi connectivity index (χ2v) is 16.8. The molecule has 10 nitrogen and oxygen atoms in total. The van der Waals surface area contributed by atoms with Crippen LogP contribution >= 0.6 is 46.4 Å². The second-order valence-electron chi connectivity index (χ2n) is 14.2. The molecule has 292 valence electrons. The molecule has 0 heterocycles. The van der Waals surface area contributed by atoms with Gasteiger partial charge in [-0.25, -0.2) is 9.59 Å². The first-order valence-corrected chi connectivity index (χ1v) is 19.9. The van der Waals surface area contributed by atoms with Crippen molar-refractivity contribution in [1.82, 2.24) is 0 Å². The summed E-state index contributed by atoms with van der Waals surface area (Å²) >= 11 is 24.0. The van der Waals surface area contributed by atoms with Crippen molar-refractivity contribution in [3.63, 3.8) is 0 Å². The molecule has 4 aliphatic rings. The van der Waals surface area contributed by atoms with Gasteiger partial charge in [0, 0.05) is 22.3 Å². The van der Waals surface area contributed by atoms with E-state index in [0.717, 1.165) is 0 Å². The molecule has 0 spiro atoms. The van der Waals surface area contributed by atoms with Gasteiger partial charge in [-0.05, 0) is 99.3 Å². The summed E-state index contributed by atoms with van der Waals surface area (Å²) in [5.74, 6) is -1.39. The highest BCUT2D eigenvalue weighted by atomic mass is 35.5. The monoisotopic (exact) mass is 806 g/mol. The Morgan fingerprint density at radius 2 is 0.942 bits per heavy atom. The van der Waals surface area contributed by atoms with Crippen molar-refractivity contribution in [2.45, 2.75) is 137 Å². The maximum atomic E-state index is 12.0. The number of amides is 2. The predicted molar refractivity (Wildman–Crippen MR) is 206 cm³/mol. The molecule has 6 atom stereocenters. The van der Waals surface area contributed by atoms with Crippen LogP contribution in [0.2, 0.25) is 0 Å². The zero-order valence-corrected chi connectivity index (χ0v) is 32.9. The van der Waals surface area contributed by atoms with E-state index in [2.05, 4.69) is 0 Å². The molecule has 0 saturated heterocycles. The number of ether oxygens (including phenoxy) is 2. The summed E-state index contributed by atoms with van der Waals surface area (Å²) in [5.41, 5.74) is 12.6. The van der Waals surface area contributed by atoms with E-state index in [1.807, 2.05) is 13.8 Å². The quantitative estimate of drug-likeness (QED) is 0.128. The lowest BCUT2D eigenvalue weighted by Gasteiger charge is -2.28. The first-order valence-electron chi connectivity index (χ1n) is 18.2. The highest BCUT2D eigenvalue weighted by molar-refractivity contribution is 6.44. The van der Waals surface area contributed by atoms with E-state index in [0.29, 0.717) is 112 Å². The van der Waals surface area contributed by atoms with Gasteiger partial charge < -0.3 is 41.4 Å². The Morgan fingerprint density at radius 1 is 0.635 bits per heavy atom. The van der Waals surface area contributed by atoms with Crippen molar-refractivity contribution in [3.05, 3.63) is 46.5 Å². The molecule has 0 saturated carbocycles. The molecule has 0 unspecified atom stereocenters. The van der Waals surface area contributed by atoms with Gasteiger partial charge >= 0.3 is 12.2 Å². The summed E-state index contributed by atoms with van der Waals surface area (Å²) in [6, 6.07) is 6.13. The van der Waals surface area contributed by atoms with Crippen LogP contribution in [0.3, 0.4) is 0 Å². The third kappa shape index (κ3) is 13.3. The molecule has 14 heteroatoms. The SMILES string of the molecule is C[C@H]1CCCC[C@H](CCCC(Cl)Cl)c2c(O)cc(cc2O)[C@H](OC(N)=O)[C@@H](C)CCCC[C@@H](CCCC(Cl)Cl)c2c(O)cc(cc2O)[C@@H]1OC(N)=O. The number of rotatable bonds is 10. The van der Waals surface area contributed by atoms with Crippen molar-refractivity contribution in [1.29, 1.82) is 0 Å². The van der Waals surface area contributed by atoms with Crippen molar-refractivity contribution in [2.24, 2.45) is 23.3 Å². The van der Waals surface area contributed by atoms with Gasteiger partial charge in [-0.3, -0.25) is 0 Å². The molecule has 6 rings (SSSR count). The van der Waals surface area contributed by atoms with Gasteiger partial charge in [0.25, 0.3) is 0 Å². The van der Waals surface area contributed by atoms with Crippen LogP contribution < -0.4 is 11.5 Å². The lowest BCUT2D eigenvalue weighted by Crippen LogP contribution is -2.22. The first kappa shape index (κ1) is 43.7. The lowest BCUT2D eigenvalue weighted by atomic mass is 9.83. The molecule has 2 aromatic carbocycles. The number of phenolic OH excluding ortho intramolecular Hbond substituents is 4. The fraction of sp³-hybridized carbons (Fsp3) is 0.632. The van der Waals surface area contributed by atoms with E-state index < -0.39 is 34.1 Å². The molecule has 8 N–H and O–H groups in total. The minimum Gasteiger partial charge on any atom is -0.508 e. The fourth-order valence-electron chi connectivity index (χ4n) is 7.65. The number of primary amides is 2. The first-order chi connectivity index (χ1) is 24.6. The summed E-state index contributed by atoms with van der Waals surface area (Å²) < 4.78 is 11.1. The Labute approximate surface area is 327 Å². The van der Waals surface area contributed by atoms with Crippen LogP contribution in [0.25, 0.3) is 0 Å². The van der Waals surface area contributed by atoms with Crippen molar-refractivity contribution in [3.8, 4) is 23.0 Å². The molecule has 0 fully saturated rings. The third-order valence-corrected chi connectivity index (χ3v) is 11.1. The Balaban J connectivity index is 2.04. The molecule has 52 heavy (non-hydrogen) atoms. The van der Waals surface area contributed by atoms with Crippen LogP contribution in [0, 0.1) is 11.8 Å². The van der Waals surface area contributed by atoms with Crippen molar-refractivity contribution >= 4 is 58.6 Å². The largest absolute Gasteiger partial charge is 0.508 e. The van der Waals surface area contributed by atoms with E-state index in [4.69, 9.17) is 67.3 Å². The maximum absolute atomic E-state index is 12.0. The van der Waals surface area contributed by atoms with Crippen LogP contribution in [0.15, 0.2) is 24.3 Å². The minimum absolute atomic E-state index is 0.106. The molecule has 4 aliphatic carbocycles. The highest BCUT2D eigenvalue weighted by Gasteiger charge is 2.30. The van der Waals surface area contributed by atoms with E-state index in [1.54, 1.807) is 0 Å². The Hall–Kier alpha value is -2.66. The van der Waals surface area contributed by atoms with Crippen LogP contribution in [0.4, 0.5) is 9.59 Å². The molecule has 0 radical (unpaired) electrons. The number of hydrogen-bond acceptors (Lipinski definition) is 8. The molecule has 0 aromatic heterocycles. The van der Waals surface area contributed by atoms with E-state index >= 15 is 0 Å². The zero-order valence-electron chi connectivity index (χ0n) is 29.9. The van der Waals surface area contributed by atoms with Crippen molar-refractivity contribution in [2.75, 3.05) is 0 Å². The number of nitrogens with two attached hydrogens (primary N) is 2. The number of hydrogen-bond donors (Lipinski definition) is 6. The summed E-state index contributed by atoms with van der Waals surface area (Å²) in [6.45, 7) is 3.82. The number of benzene rings is 2. The number of alkyl halides is 4. The summed E-state index contributed by atoms with van der Waals surface area (Å²) in [7, 11) is 0. The van der Waals surface area contributed by atoms with E-state index in [9.17, 15) is 30.0 Å². The van der Waals surface area contributed by atoms with Crippen LogP contribution in [-0.4, -0.2) is 42.3 Å². The number of phenols is 4. The van der Waals surface area contributed by atoms with E-state index in [-0.39, 0.29) is 46.7 Å². The fourth-order valence-corrected chi connectivity index (χ4v) is 8.27. The van der Waals surface area contributed by atoms with Gasteiger partial charge in [-0.2, -0.15) is 0 Å². The number of carbonyl (C=O) groups is 2. The Bertz CT molecular complexity index is 1310. The summed E-state index contributed by atoms with van der Waals surface area (Å²) in [4.78, 5) is 23.0. The van der Waals surface area contributed by atoms with E-state index in [1.165, 1.54) is 24.3 Å².